The van der Waals surface area contributed by atoms with Gasteiger partial charge in [-0.05, 0) is 30.0 Å². The Hall–Kier alpha value is -0.780. The molecule has 4 nitrogen and oxygen atoms in total. The first-order valence-electron chi connectivity index (χ1n) is 6.08. The molecule has 0 radical (unpaired) electrons. The molecule has 112 valence electrons. The molecule has 0 fully saturated rings. The van der Waals surface area contributed by atoms with E-state index in [9.17, 15) is 13.2 Å². The van der Waals surface area contributed by atoms with E-state index in [4.69, 9.17) is 22.3 Å². The normalized spacial score (nSPS) is 12.2. The Balaban J connectivity index is 2.97. The quantitative estimate of drug-likeness (QED) is 0.837. The third kappa shape index (κ3) is 4.96. The summed E-state index contributed by atoms with van der Waals surface area (Å²) in [5.74, 6) is -0.379. The predicted octanol–water partition coefficient (Wildman–Crippen LogP) is 3.43. The highest BCUT2D eigenvalue weighted by atomic mass is 35.7. The molecule has 0 bridgehead atoms. The van der Waals surface area contributed by atoms with E-state index in [0.29, 0.717) is 6.54 Å². The third-order valence-corrected chi connectivity index (χ3v) is 4.65. The molecule has 0 saturated carbocycles. The number of carbonyl (C=O) groups is 1. The summed E-state index contributed by atoms with van der Waals surface area (Å²) in [6.07, 6.45) is 0.907. The summed E-state index contributed by atoms with van der Waals surface area (Å²) in [7, 11) is 1.34. The fourth-order valence-electron chi connectivity index (χ4n) is 1.38. The molecule has 1 aromatic carbocycles. The van der Waals surface area contributed by atoms with Gasteiger partial charge in [0.15, 0.2) is 0 Å². The molecule has 0 aliphatic heterocycles. The van der Waals surface area contributed by atoms with Crippen LogP contribution in [0.15, 0.2) is 23.1 Å². The first kappa shape index (κ1) is 17.3. The Bertz CT molecular complexity index is 612. The molecule has 1 amide bonds. The first-order chi connectivity index (χ1) is 9.05. The van der Waals surface area contributed by atoms with Gasteiger partial charge in [0.25, 0.3) is 15.0 Å². The van der Waals surface area contributed by atoms with Crippen LogP contribution in [0.1, 0.15) is 37.6 Å². The molecule has 0 aromatic heterocycles. The standard InChI is InChI=1S/C13H17Cl2NO3S/c1-4-13(2,3)8-16-12(17)9-5-10(14)7-11(6-9)20(15,18)19/h5-7H,4,8H2,1-3H3,(H,16,17). The maximum atomic E-state index is 12.0. The van der Waals surface area contributed by atoms with Gasteiger partial charge in [-0.1, -0.05) is 32.4 Å². The predicted molar refractivity (Wildman–Crippen MR) is 80.9 cm³/mol. The van der Waals surface area contributed by atoms with Crippen LogP contribution in [-0.2, 0) is 9.05 Å². The number of benzene rings is 1. The SMILES string of the molecule is CCC(C)(C)CNC(=O)c1cc(Cl)cc(S(=O)(=O)Cl)c1. The van der Waals surface area contributed by atoms with Crippen molar-refractivity contribution in [3.05, 3.63) is 28.8 Å². The third-order valence-electron chi connectivity index (χ3n) is 3.10. The maximum Gasteiger partial charge on any atom is 0.261 e. The Labute approximate surface area is 128 Å². The molecule has 1 N–H and O–H groups in total. The van der Waals surface area contributed by atoms with Crippen molar-refractivity contribution < 1.29 is 13.2 Å². The summed E-state index contributed by atoms with van der Waals surface area (Å²) in [4.78, 5) is 11.8. The van der Waals surface area contributed by atoms with Gasteiger partial charge in [-0.15, -0.1) is 0 Å². The molecular weight excluding hydrogens is 321 g/mol. The number of carbonyl (C=O) groups excluding carboxylic acids is 1. The highest BCUT2D eigenvalue weighted by Gasteiger charge is 2.19. The van der Waals surface area contributed by atoms with E-state index in [0.717, 1.165) is 6.42 Å². The first-order valence-corrected chi connectivity index (χ1v) is 8.77. The summed E-state index contributed by atoms with van der Waals surface area (Å²) in [5.41, 5.74) is 0.138. The molecule has 0 saturated heterocycles. The topological polar surface area (TPSA) is 63.2 Å². The number of nitrogens with one attached hydrogen (secondary N) is 1. The van der Waals surface area contributed by atoms with Crippen molar-refractivity contribution >= 4 is 37.2 Å². The minimum Gasteiger partial charge on any atom is -0.352 e. The summed E-state index contributed by atoms with van der Waals surface area (Å²) in [5, 5.41) is 2.91. The van der Waals surface area contributed by atoms with Gasteiger partial charge in [-0.25, -0.2) is 8.42 Å². The van der Waals surface area contributed by atoms with E-state index in [2.05, 4.69) is 5.32 Å². The average molecular weight is 338 g/mol. The van der Waals surface area contributed by atoms with Crippen molar-refractivity contribution in [2.75, 3.05) is 6.54 Å². The second-order valence-corrected chi connectivity index (χ2v) is 8.32. The summed E-state index contributed by atoms with van der Waals surface area (Å²) in [6, 6.07) is 3.82. The van der Waals surface area contributed by atoms with Gasteiger partial charge in [0.05, 0.1) is 4.90 Å². The van der Waals surface area contributed by atoms with Crippen LogP contribution in [0.5, 0.6) is 0 Å². The van der Waals surface area contributed by atoms with E-state index in [1.54, 1.807) is 0 Å². The number of hydrogen-bond acceptors (Lipinski definition) is 3. The largest absolute Gasteiger partial charge is 0.352 e. The summed E-state index contributed by atoms with van der Waals surface area (Å²) >= 11 is 5.81. The van der Waals surface area contributed by atoms with Gasteiger partial charge in [-0.2, -0.15) is 0 Å². The highest BCUT2D eigenvalue weighted by molar-refractivity contribution is 8.13. The van der Waals surface area contributed by atoms with Crippen LogP contribution in [0.3, 0.4) is 0 Å². The Morgan fingerprint density at radius 1 is 1.30 bits per heavy atom. The number of hydrogen-bond donors (Lipinski definition) is 1. The van der Waals surface area contributed by atoms with Gasteiger partial charge < -0.3 is 5.32 Å². The van der Waals surface area contributed by atoms with Crippen LogP contribution in [0, 0.1) is 5.41 Å². The molecule has 0 unspecified atom stereocenters. The monoisotopic (exact) mass is 337 g/mol. The Morgan fingerprint density at radius 3 is 2.40 bits per heavy atom. The summed E-state index contributed by atoms with van der Waals surface area (Å²) < 4.78 is 22.6. The van der Waals surface area contributed by atoms with Crippen molar-refractivity contribution in [3.8, 4) is 0 Å². The fraction of sp³-hybridized carbons (Fsp3) is 0.462. The van der Waals surface area contributed by atoms with Crippen LogP contribution in [0.2, 0.25) is 5.02 Å². The molecule has 0 aliphatic carbocycles. The van der Waals surface area contributed by atoms with Crippen LogP contribution >= 0.6 is 22.3 Å². The fourth-order valence-corrected chi connectivity index (χ4v) is 2.48. The lowest BCUT2D eigenvalue weighted by Crippen LogP contribution is -2.33. The van der Waals surface area contributed by atoms with Crippen LogP contribution < -0.4 is 5.32 Å². The van der Waals surface area contributed by atoms with Crippen LogP contribution in [0.25, 0.3) is 0 Å². The van der Waals surface area contributed by atoms with Gasteiger partial charge in [0.1, 0.15) is 0 Å². The number of halogens is 2. The zero-order valence-corrected chi connectivity index (χ0v) is 13.9. The van der Waals surface area contributed by atoms with E-state index >= 15 is 0 Å². The maximum absolute atomic E-state index is 12.0. The molecule has 0 heterocycles. The van der Waals surface area contributed by atoms with Crippen LogP contribution in [-0.4, -0.2) is 20.9 Å². The van der Waals surface area contributed by atoms with E-state index in [1.165, 1.54) is 18.2 Å². The lowest BCUT2D eigenvalue weighted by molar-refractivity contribution is 0.0935. The Kier molecular flexibility index (Phi) is 5.46. The van der Waals surface area contributed by atoms with E-state index in [-0.39, 0.29) is 26.8 Å². The molecule has 0 aliphatic rings. The zero-order valence-electron chi connectivity index (χ0n) is 11.5. The second kappa shape index (κ2) is 6.33. The lowest BCUT2D eigenvalue weighted by Gasteiger charge is -2.22. The van der Waals surface area contributed by atoms with Gasteiger partial charge >= 0.3 is 0 Å². The molecule has 1 aromatic rings. The highest BCUT2D eigenvalue weighted by Crippen LogP contribution is 2.22. The summed E-state index contributed by atoms with van der Waals surface area (Å²) in [6.45, 7) is 6.57. The van der Waals surface area contributed by atoms with E-state index in [1.807, 2.05) is 20.8 Å². The molecule has 7 heteroatoms. The molecule has 1 rings (SSSR count). The van der Waals surface area contributed by atoms with Gasteiger partial charge in [0, 0.05) is 27.8 Å². The smallest absolute Gasteiger partial charge is 0.261 e. The van der Waals surface area contributed by atoms with Crippen molar-refractivity contribution in [2.45, 2.75) is 32.1 Å². The molecule has 0 spiro atoms. The molecule has 20 heavy (non-hydrogen) atoms. The molecular formula is C13H17Cl2NO3S. The van der Waals surface area contributed by atoms with Crippen molar-refractivity contribution in [1.29, 1.82) is 0 Å². The second-order valence-electron chi connectivity index (χ2n) is 5.31. The number of rotatable bonds is 5. The Morgan fingerprint density at radius 2 is 1.90 bits per heavy atom. The average Bonchev–Trinajstić information content (AvgIpc) is 2.34. The minimum atomic E-state index is -3.92. The van der Waals surface area contributed by atoms with Crippen LogP contribution in [0.4, 0.5) is 0 Å². The number of amides is 1. The van der Waals surface area contributed by atoms with Gasteiger partial charge in [-0.3, -0.25) is 4.79 Å². The van der Waals surface area contributed by atoms with E-state index < -0.39 is 9.05 Å². The minimum absolute atomic E-state index is 0.0321. The lowest BCUT2D eigenvalue weighted by atomic mass is 9.90. The van der Waals surface area contributed by atoms with Gasteiger partial charge in [0.2, 0.25) is 0 Å². The van der Waals surface area contributed by atoms with Crippen molar-refractivity contribution in [1.82, 2.24) is 5.32 Å². The zero-order chi connectivity index (χ0) is 15.6. The van der Waals surface area contributed by atoms with Crippen molar-refractivity contribution in [3.63, 3.8) is 0 Å². The van der Waals surface area contributed by atoms with Crippen molar-refractivity contribution in [2.24, 2.45) is 5.41 Å². The molecule has 0 atom stereocenters.